The van der Waals surface area contributed by atoms with E-state index in [-0.39, 0.29) is 6.10 Å². The third kappa shape index (κ3) is 4.67. The summed E-state index contributed by atoms with van der Waals surface area (Å²) in [6.07, 6.45) is 2.49. The molecule has 1 aromatic rings. The van der Waals surface area contributed by atoms with Crippen molar-refractivity contribution in [2.24, 2.45) is 5.92 Å². The lowest BCUT2D eigenvalue weighted by molar-refractivity contribution is 0.0615. The summed E-state index contributed by atoms with van der Waals surface area (Å²) in [5.41, 5.74) is 7.69. The van der Waals surface area contributed by atoms with E-state index in [0.717, 1.165) is 30.2 Å². The Morgan fingerprint density at radius 2 is 2.00 bits per heavy atom. The van der Waals surface area contributed by atoms with E-state index in [4.69, 9.17) is 10.5 Å². The van der Waals surface area contributed by atoms with E-state index < -0.39 is 0 Å². The molecule has 0 fully saturated rings. The first kappa shape index (κ1) is 13.0. The molecule has 16 heavy (non-hydrogen) atoms. The SMILES string of the molecule is CC(C)CCCOC(C)c1cccc(N)c1. The van der Waals surface area contributed by atoms with Gasteiger partial charge in [-0.05, 0) is 43.4 Å². The highest BCUT2D eigenvalue weighted by molar-refractivity contribution is 5.41. The van der Waals surface area contributed by atoms with Gasteiger partial charge in [0.05, 0.1) is 6.10 Å². The van der Waals surface area contributed by atoms with Crippen LogP contribution in [-0.4, -0.2) is 6.61 Å². The molecule has 0 aliphatic rings. The number of hydrogen-bond acceptors (Lipinski definition) is 2. The predicted octanol–water partition coefficient (Wildman–Crippen LogP) is 3.78. The standard InChI is InChI=1S/C14H23NO/c1-11(2)6-5-9-16-12(3)13-7-4-8-14(15)10-13/h4,7-8,10-12H,5-6,9,15H2,1-3H3. The molecule has 0 heterocycles. The van der Waals surface area contributed by atoms with Crippen molar-refractivity contribution < 1.29 is 4.74 Å². The Morgan fingerprint density at radius 1 is 1.25 bits per heavy atom. The van der Waals surface area contributed by atoms with Crippen molar-refractivity contribution in [1.82, 2.24) is 0 Å². The van der Waals surface area contributed by atoms with E-state index in [1.165, 1.54) is 6.42 Å². The maximum atomic E-state index is 5.78. The van der Waals surface area contributed by atoms with Crippen LogP contribution in [0.4, 0.5) is 5.69 Å². The zero-order valence-electron chi connectivity index (χ0n) is 10.6. The van der Waals surface area contributed by atoms with Crippen LogP contribution in [0, 0.1) is 5.92 Å². The Bertz CT molecular complexity index is 309. The summed E-state index contributed by atoms with van der Waals surface area (Å²) in [5.74, 6) is 0.756. The number of hydrogen-bond donors (Lipinski definition) is 1. The molecule has 0 aliphatic carbocycles. The smallest absolute Gasteiger partial charge is 0.0797 e. The molecule has 0 spiro atoms. The molecule has 0 saturated carbocycles. The van der Waals surface area contributed by atoms with Crippen LogP contribution in [0.25, 0.3) is 0 Å². The van der Waals surface area contributed by atoms with Gasteiger partial charge < -0.3 is 10.5 Å². The summed E-state index contributed by atoms with van der Waals surface area (Å²) in [5, 5.41) is 0. The maximum Gasteiger partial charge on any atom is 0.0797 e. The van der Waals surface area contributed by atoms with E-state index >= 15 is 0 Å². The lowest BCUT2D eigenvalue weighted by Gasteiger charge is -2.14. The lowest BCUT2D eigenvalue weighted by atomic mass is 10.1. The summed E-state index contributed by atoms with van der Waals surface area (Å²) in [6, 6.07) is 7.91. The molecule has 0 radical (unpaired) electrons. The van der Waals surface area contributed by atoms with Crippen molar-refractivity contribution in [3.63, 3.8) is 0 Å². The van der Waals surface area contributed by atoms with Gasteiger partial charge in [0.25, 0.3) is 0 Å². The highest BCUT2D eigenvalue weighted by Crippen LogP contribution is 2.19. The van der Waals surface area contributed by atoms with Gasteiger partial charge in [-0.15, -0.1) is 0 Å². The Labute approximate surface area is 98.8 Å². The second kappa shape index (κ2) is 6.54. The predicted molar refractivity (Wildman–Crippen MR) is 69.3 cm³/mol. The van der Waals surface area contributed by atoms with Crippen molar-refractivity contribution in [2.45, 2.75) is 39.7 Å². The zero-order valence-corrected chi connectivity index (χ0v) is 10.6. The van der Waals surface area contributed by atoms with Gasteiger partial charge in [0.2, 0.25) is 0 Å². The monoisotopic (exact) mass is 221 g/mol. The molecule has 0 bridgehead atoms. The van der Waals surface area contributed by atoms with Crippen molar-refractivity contribution in [3.05, 3.63) is 29.8 Å². The van der Waals surface area contributed by atoms with Gasteiger partial charge in [-0.25, -0.2) is 0 Å². The van der Waals surface area contributed by atoms with Crippen LogP contribution in [0.1, 0.15) is 45.3 Å². The van der Waals surface area contributed by atoms with Crippen molar-refractivity contribution in [3.8, 4) is 0 Å². The van der Waals surface area contributed by atoms with Gasteiger partial charge in [0, 0.05) is 12.3 Å². The fraction of sp³-hybridized carbons (Fsp3) is 0.571. The fourth-order valence-electron chi connectivity index (χ4n) is 1.66. The summed E-state index contributed by atoms with van der Waals surface area (Å²) in [7, 11) is 0. The quantitative estimate of drug-likeness (QED) is 0.586. The van der Waals surface area contributed by atoms with Gasteiger partial charge in [0.1, 0.15) is 0 Å². The van der Waals surface area contributed by atoms with Crippen LogP contribution in [-0.2, 0) is 4.74 Å². The minimum Gasteiger partial charge on any atom is -0.399 e. The fourth-order valence-corrected chi connectivity index (χ4v) is 1.66. The van der Waals surface area contributed by atoms with Crippen molar-refractivity contribution >= 4 is 5.69 Å². The molecule has 2 heteroatoms. The van der Waals surface area contributed by atoms with Crippen LogP contribution in [0.3, 0.4) is 0 Å². The second-order valence-electron chi connectivity index (χ2n) is 4.72. The normalized spacial score (nSPS) is 13.0. The van der Waals surface area contributed by atoms with Crippen LogP contribution < -0.4 is 5.73 Å². The molecular weight excluding hydrogens is 198 g/mol. The lowest BCUT2D eigenvalue weighted by Crippen LogP contribution is -2.03. The van der Waals surface area contributed by atoms with Crippen LogP contribution >= 0.6 is 0 Å². The summed E-state index contributed by atoms with van der Waals surface area (Å²) in [4.78, 5) is 0. The van der Waals surface area contributed by atoms with Crippen LogP contribution in [0.15, 0.2) is 24.3 Å². The van der Waals surface area contributed by atoms with E-state index in [9.17, 15) is 0 Å². The van der Waals surface area contributed by atoms with E-state index in [1.54, 1.807) is 0 Å². The first-order valence-corrected chi connectivity index (χ1v) is 6.06. The number of nitrogens with two attached hydrogens (primary N) is 1. The molecule has 2 nitrogen and oxygen atoms in total. The third-order valence-electron chi connectivity index (χ3n) is 2.67. The van der Waals surface area contributed by atoms with Gasteiger partial charge in [-0.1, -0.05) is 26.0 Å². The van der Waals surface area contributed by atoms with E-state index in [2.05, 4.69) is 26.8 Å². The average Bonchev–Trinajstić information content (AvgIpc) is 2.24. The third-order valence-corrected chi connectivity index (χ3v) is 2.67. The number of nitrogen functional groups attached to an aromatic ring is 1. The van der Waals surface area contributed by atoms with Gasteiger partial charge in [0.15, 0.2) is 0 Å². The molecule has 0 saturated heterocycles. The molecule has 1 rings (SSSR count). The highest BCUT2D eigenvalue weighted by atomic mass is 16.5. The van der Waals surface area contributed by atoms with Crippen molar-refractivity contribution in [1.29, 1.82) is 0 Å². The molecule has 1 atom stereocenters. The average molecular weight is 221 g/mol. The first-order valence-electron chi connectivity index (χ1n) is 6.06. The van der Waals surface area contributed by atoms with E-state index in [0.29, 0.717) is 0 Å². The summed E-state index contributed by atoms with van der Waals surface area (Å²) < 4.78 is 5.78. The van der Waals surface area contributed by atoms with Gasteiger partial charge in [-0.2, -0.15) is 0 Å². The molecule has 0 amide bonds. The van der Waals surface area contributed by atoms with Gasteiger partial charge >= 0.3 is 0 Å². The minimum atomic E-state index is 0.135. The number of anilines is 1. The topological polar surface area (TPSA) is 35.2 Å². The summed E-state index contributed by atoms with van der Waals surface area (Å²) in [6.45, 7) is 7.38. The zero-order chi connectivity index (χ0) is 12.0. The Kier molecular flexibility index (Phi) is 5.33. The van der Waals surface area contributed by atoms with Crippen molar-refractivity contribution in [2.75, 3.05) is 12.3 Å². The Balaban J connectivity index is 2.32. The number of benzene rings is 1. The Hall–Kier alpha value is -1.02. The molecule has 1 unspecified atom stereocenters. The van der Waals surface area contributed by atoms with Gasteiger partial charge in [-0.3, -0.25) is 0 Å². The van der Waals surface area contributed by atoms with Crippen LogP contribution in [0.5, 0.6) is 0 Å². The molecular formula is C14H23NO. The number of rotatable bonds is 6. The largest absolute Gasteiger partial charge is 0.399 e. The summed E-state index contributed by atoms with van der Waals surface area (Å²) >= 11 is 0. The van der Waals surface area contributed by atoms with E-state index in [1.807, 2.05) is 18.2 Å². The first-order chi connectivity index (χ1) is 7.59. The molecule has 1 aromatic carbocycles. The maximum absolute atomic E-state index is 5.78. The molecule has 90 valence electrons. The minimum absolute atomic E-state index is 0.135. The highest BCUT2D eigenvalue weighted by Gasteiger charge is 2.05. The number of ether oxygens (including phenoxy) is 1. The molecule has 2 N–H and O–H groups in total. The second-order valence-corrected chi connectivity index (χ2v) is 4.72. The molecule has 0 aromatic heterocycles. The Morgan fingerprint density at radius 3 is 2.62 bits per heavy atom. The van der Waals surface area contributed by atoms with Crippen LogP contribution in [0.2, 0.25) is 0 Å². The molecule has 0 aliphatic heterocycles.